The van der Waals surface area contributed by atoms with Crippen molar-refractivity contribution in [1.29, 1.82) is 0 Å². The van der Waals surface area contributed by atoms with Crippen molar-refractivity contribution >= 4 is 30.4 Å². The summed E-state index contributed by atoms with van der Waals surface area (Å²) in [4.78, 5) is 0.595. The Morgan fingerprint density at radius 1 is 1.50 bits per heavy atom. The molecule has 1 aromatic heterocycles. The Kier molecular flexibility index (Phi) is 2.45. The molecular weight excluding hydrogens is 202 g/mol. The van der Waals surface area contributed by atoms with Crippen LogP contribution in [0.3, 0.4) is 0 Å². The molecule has 1 aliphatic heterocycles. The van der Waals surface area contributed by atoms with E-state index >= 15 is 0 Å². The van der Waals surface area contributed by atoms with Gasteiger partial charge in [0.05, 0.1) is 11.9 Å². The molecule has 5 nitrogen and oxygen atoms in total. The summed E-state index contributed by atoms with van der Waals surface area (Å²) in [7, 11) is 0. The van der Waals surface area contributed by atoms with Gasteiger partial charge in [-0.2, -0.15) is 5.10 Å². The van der Waals surface area contributed by atoms with Crippen molar-refractivity contribution in [3.05, 3.63) is 28.5 Å². The van der Waals surface area contributed by atoms with E-state index in [1.54, 1.807) is 0 Å². The summed E-state index contributed by atoms with van der Waals surface area (Å²) in [5, 5.41) is 27.9. The van der Waals surface area contributed by atoms with Crippen molar-refractivity contribution in [3.8, 4) is 0 Å². The van der Waals surface area contributed by atoms with Gasteiger partial charge in [-0.05, 0) is 0 Å². The summed E-state index contributed by atoms with van der Waals surface area (Å²) < 4.78 is -1.67. The zero-order valence-corrected chi connectivity index (χ0v) is 7.39. The Labute approximate surface area is 78.7 Å². The molecule has 0 saturated heterocycles. The monoisotopic (exact) mass is 206 g/mol. The maximum atomic E-state index is 10.8. The molecule has 1 N–H and O–H groups in total. The van der Waals surface area contributed by atoms with Crippen LogP contribution in [0.1, 0.15) is 5.69 Å². The summed E-state index contributed by atoms with van der Waals surface area (Å²) >= 11 is 0.667. The van der Waals surface area contributed by atoms with Crippen LogP contribution in [0.2, 0.25) is 0 Å². The van der Waals surface area contributed by atoms with E-state index in [0.29, 0.717) is 16.8 Å². The molecule has 1 aliphatic rings. The number of nitrogens with one attached hydrogen (secondary N) is 1. The van der Waals surface area contributed by atoms with Gasteiger partial charge in [-0.15, -0.1) is 12.4 Å². The van der Waals surface area contributed by atoms with Crippen LogP contribution in [0.15, 0.2) is 17.3 Å². The number of aromatic nitrogens is 2. The minimum Gasteiger partial charge on any atom is -0.614 e. The average Bonchev–Trinajstić information content (AvgIpc) is 2.31. The van der Waals surface area contributed by atoms with Crippen molar-refractivity contribution in [1.82, 2.24) is 10.2 Å². The molecule has 66 valence electrons. The third kappa shape index (κ3) is 1.62. The number of hydroxylamine groups is 2. The Hall–Kier alpha value is -0.530. The molecule has 0 saturated carbocycles. The Balaban J connectivity index is 0.000000720. The molecule has 0 unspecified atom stereocenters. The van der Waals surface area contributed by atoms with Crippen molar-refractivity contribution in [2.24, 2.45) is 0 Å². The van der Waals surface area contributed by atoms with E-state index in [4.69, 9.17) is 0 Å². The minimum absolute atomic E-state index is 0. The van der Waals surface area contributed by atoms with Gasteiger partial charge >= 0.3 is 0 Å². The van der Waals surface area contributed by atoms with E-state index < -0.39 is 4.21 Å². The van der Waals surface area contributed by atoms with Crippen molar-refractivity contribution in [2.45, 2.75) is 4.90 Å². The van der Waals surface area contributed by atoms with Gasteiger partial charge in [0, 0.05) is 6.08 Å². The van der Waals surface area contributed by atoms with Gasteiger partial charge in [-0.1, -0.05) is 0 Å². The number of aromatic amines is 1. The summed E-state index contributed by atoms with van der Waals surface area (Å²) in [6, 6.07) is 0. The molecule has 2 rings (SSSR count). The quantitative estimate of drug-likeness (QED) is 0.398. The van der Waals surface area contributed by atoms with Crippen LogP contribution in [0, 0.1) is 10.4 Å². The van der Waals surface area contributed by atoms with Crippen molar-refractivity contribution in [3.63, 3.8) is 0 Å². The van der Waals surface area contributed by atoms with E-state index in [0.717, 1.165) is 11.9 Å². The second-order valence-corrected chi connectivity index (χ2v) is 3.23. The Morgan fingerprint density at radius 3 is 3.00 bits per heavy atom. The van der Waals surface area contributed by atoms with E-state index in [1.807, 2.05) is 0 Å². The van der Waals surface area contributed by atoms with Crippen LogP contribution >= 0.6 is 24.4 Å². The standard InChI is InChI=1S/C5H4N3O2S.ClH/c9-8(10)2-1-4-5(11-8)3-6-7-4;/h1-3H,(H,6,7);1H/q-1;. The molecule has 0 aromatic carbocycles. The first-order chi connectivity index (χ1) is 5.17. The number of rotatable bonds is 0. The fourth-order valence-electron chi connectivity index (χ4n) is 0.811. The number of fused-ring (bicyclic) bond motifs is 1. The maximum absolute atomic E-state index is 10.8. The zero-order chi connectivity index (χ0) is 7.90. The van der Waals surface area contributed by atoms with E-state index in [-0.39, 0.29) is 12.4 Å². The van der Waals surface area contributed by atoms with Crippen LogP contribution in [0.25, 0.3) is 6.08 Å². The van der Waals surface area contributed by atoms with Gasteiger partial charge in [0.25, 0.3) is 0 Å². The predicted molar refractivity (Wildman–Crippen MR) is 47.7 cm³/mol. The minimum atomic E-state index is -1.67. The normalized spacial score (nSPS) is 18.2. The van der Waals surface area contributed by atoms with Crippen LogP contribution in [-0.2, 0) is 0 Å². The molecule has 0 bridgehead atoms. The molecule has 0 fully saturated rings. The first kappa shape index (κ1) is 9.56. The highest BCUT2D eigenvalue weighted by Crippen LogP contribution is 2.35. The van der Waals surface area contributed by atoms with Crippen LogP contribution < -0.4 is 0 Å². The van der Waals surface area contributed by atoms with Gasteiger partial charge in [-0.3, -0.25) is 5.10 Å². The van der Waals surface area contributed by atoms with Gasteiger partial charge in [0.2, 0.25) is 0 Å². The highest BCUT2D eigenvalue weighted by atomic mass is 35.5. The SMILES string of the molecule is Cl.[O-][N+]1([O-])C=Cc2[nH]ncc2S1. The topological polar surface area (TPSA) is 74.8 Å². The number of H-pyrrole nitrogens is 1. The van der Waals surface area contributed by atoms with Crippen LogP contribution in [-0.4, -0.2) is 14.4 Å². The summed E-state index contributed by atoms with van der Waals surface area (Å²) in [5.74, 6) is 0. The average molecular weight is 207 g/mol. The number of hydrogen-bond acceptors (Lipinski definition) is 4. The first-order valence-corrected chi connectivity index (χ1v) is 3.68. The predicted octanol–water partition coefficient (Wildman–Crippen LogP) is 1.64. The highest BCUT2D eigenvalue weighted by Gasteiger charge is 2.16. The fraction of sp³-hybridized carbons (Fsp3) is 0. The summed E-state index contributed by atoms with van der Waals surface area (Å²) in [5.41, 5.74) is 0.718. The third-order valence-corrected chi connectivity index (χ3v) is 2.18. The van der Waals surface area contributed by atoms with Gasteiger partial charge in [0.1, 0.15) is 23.0 Å². The zero-order valence-electron chi connectivity index (χ0n) is 5.76. The number of hydrogen-bond donors (Lipinski definition) is 1. The molecule has 0 radical (unpaired) electrons. The maximum Gasteiger partial charge on any atom is 0.122 e. The van der Waals surface area contributed by atoms with Crippen molar-refractivity contribution < 1.29 is 4.21 Å². The lowest BCUT2D eigenvalue weighted by atomic mass is 10.4. The smallest absolute Gasteiger partial charge is 0.122 e. The van der Waals surface area contributed by atoms with Gasteiger partial charge < -0.3 is 14.6 Å². The molecule has 2 heterocycles. The van der Waals surface area contributed by atoms with E-state index in [2.05, 4.69) is 10.2 Å². The second kappa shape index (κ2) is 3.08. The molecule has 0 atom stereocenters. The molecule has 0 aliphatic carbocycles. The van der Waals surface area contributed by atoms with Crippen molar-refractivity contribution in [2.75, 3.05) is 0 Å². The molecule has 0 amide bonds. The lowest BCUT2D eigenvalue weighted by molar-refractivity contribution is -0.617. The van der Waals surface area contributed by atoms with Crippen LogP contribution in [0.5, 0.6) is 0 Å². The lowest BCUT2D eigenvalue weighted by Crippen LogP contribution is -2.20. The molecule has 12 heavy (non-hydrogen) atoms. The Morgan fingerprint density at radius 2 is 2.25 bits per heavy atom. The summed E-state index contributed by atoms with van der Waals surface area (Å²) in [6.45, 7) is 0. The highest BCUT2D eigenvalue weighted by molar-refractivity contribution is 7.94. The Bertz CT molecular complexity index is 311. The molecule has 7 heteroatoms. The second-order valence-electron chi connectivity index (χ2n) is 2.09. The summed E-state index contributed by atoms with van der Waals surface area (Å²) in [6.07, 6.45) is 3.93. The number of halogens is 1. The molecule has 0 spiro atoms. The van der Waals surface area contributed by atoms with E-state index in [9.17, 15) is 10.4 Å². The van der Waals surface area contributed by atoms with Gasteiger partial charge in [0.15, 0.2) is 0 Å². The van der Waals surface area contributed by atoms with Crippen LogP contribution in [0.4, 0.5) is 0 Å². The van der Waals surface area contributed by atoms with E-state index in [1.165, 1.54) is 12.3 Å². The first-order valence-electron chi connectivity index (χ1n) is 2.90. The fourth-order valence-corrected chi connectivity index (χ4v) is 1.52. The molecular formula is C5H5ClN3O2S-. The largest absolute Gasteiger partial charge is 0.614 e. The lowest BCUT2D eigenvalue weighted by Gasteiger charge is -2.40. The van der Waals surface area contributed by atoms with Gasteiger partial charge in [-0.25, -0.2) is 0 Å². The third-order valence-electron chi connectivity index (χ3n) is 1.28. The number of nitrogens with zero attached hydrogens (tertiary/aromatic N) is 2. The molecule has 1 aromatic rings. The number of quaternary nitrogens is 1.